The van der Waals surface area contributed by atoms with Gasteiger partial charge < -0.3 is 14.7 Å². The summed E-state index contributed by atoms with van der Waals surface area (Å²) in [6.45, 7) is 2.08. The quantitative estimate of drug-likeness (QED) is 0.107. The molecule has 77 heavy (non-hydrogen) atoms. The Balaban J connectivity index is 0.000000836. The van der Waals surface area contributed by atoms with Gasteiger partial charge in [0.2, 0.25) is 0 Å². The number of aryl methyl sites for hydroxylation is 1. The Kier molecular flexibility index (Phi) is 15.3. The molecule has 0 bridgehead atoms. The molecule has 12 aromatic carbocycles. The van der Waals surface area contributed by atoms with Crippen LogP contribution in [0.25, 0.3) is 33.4 Å². The Morgan fingerprint density at radius 1 is 0.182 bits per heavy atom. The largest absolute Gasteiger partial charge is 0.311 e. The summed E-state index contributed by atoms with van der Waals surface area (Å²) < 4.78 is 0. The van der Waals surface area contributed by atoms with E-state index in [9.17, 15) is 0 Å². The summed E-state index contributed by atoms with van der Waals surface area (Å²) in [5.74, 6) is 0. The predicted molar refractivity (Wildman–Crippen MR) is 327 cm³/mol. The lowest BCUT2D eigenvalue weighted by Gasteiger charge is -2.26. The SMILES string of the molecule is Cc1ccccc1.c1ccc(Cc2ccc(-c3ccc(N(c4ccccc4)c4ccc(-c5ccc(N(c6ccccc6)c6ccc(-c7ccc(N(c8ccccc8)c8ccccc8)cc7)cc6)cc5)cc4)cc3)cc2)cc1. The van der Waals surface area contributed by atoms with Crippen molar-refractivity contribution in [2.75, 3.05) is 14.7 Å². The van der Waals surface area contributed by atoms with Crippen molar-refractivity contribution in [1.29, 1.82) is 0 Å². The fraction of sp³-hybridized carbons (Fsp3) is 0.0270. The van der Waals surface area contributed by atoms with Crippen LogP contribution in [0.3, 0.4) is 0 Å². The molecule has 3 nitrogen and oxygen atoms in total. The molecule has 0 heterocycles. The van der Waals surface area contributed by atoms with Crippen LogP contribution in [0, 0.1) is 6.92 Å². The van der Waals surface area contributed by atoms with Crippen molar-refractivity contribution in [2.45, 2.75) is 13.3 Å². The highest BCUT2D eigenvalue weighted by Crippen LogP contribution is 2.40. The van der Waals surface area contributed by atoms with Crippen molar-refractivity contribution in [3.8, 4) is 33.4 Å². The molecule has 0 N–H and O–H groups in total. The lowest BCUT2D eigenvalue weighted by atomic mass is 10.00. The topological polar surface area (TPSA) is 9.72 Å². The third-order valence-electron chi connectivity index (χ3n) is 13.8. The van der Waals surface area contributed by atoms with Crippen LogP contribution in [-0.4, -0.2) is 0 Å². The fourth-order valence-electron chi connectivity index (χ4n) is 9.85. The van der Waals surface area contributed by atoms with Crippen molar-refractivity contribution in [3.05, 3.63) is 344 Å². The number of benzene rings is 12. The van der Waals surface area contributed by atoms with Gasteiger partial charge in [-0.1, -0.05) is 224 Å². The summed E-state index contributed by atoms with van der Waals surface area (Å²) in [6, 6.07) is 117. The Morgan fingerprint density at radius 3 is 0.584 bits per heavy atom. The first-order chi connectivity index (χ1) is 38.1. The molecule has 0 saturated heterocycles. The summed E-state index contributed by atoms with van der Waals surface area (Å²) in [7, 11) is 0. The van der Waals surface area contributed by atoms with Gasteiger partial charge in [0.05, 0.1) is 0 Å². The van der Waals surface area contributed by atoms with Gasteiger partial charge >= 0.3 is 0 Å². The Morgan fingerprint density at radius 2 is 0.364 bits per heavy atom. The maximum atomic E-state index is 2.32. The Labute approximate surface area is 454 Å². The molecule has 0 aliphatic carbocycles. The highest BCUT2D eigenvalue weighted by atomic mass is 15.2. The van der Waals surface area contributed by atoms with E-state index in [1.54, 1.807) is 0 Å². The fourth-order valence-corrected chi connectivity index (χ4v) is 9.85. The minimum atomic E-state index is 0.932. The minimum absolute atomic E-state index is 0.932. The van der Waals surface area contributed by atoms with Crippen LogP contribution in [0.4, 0.5) is 51.2 Å². The van der Waals surface area contributed by atoms with Gasteiger partial charge in [-0.15, -0.1) is 0 Å². The van der Waals surface area contributed by atoms with Crippen LogP contribution >= 0.6 is 0 Å². The summed E-state index contributed by atoms with van der Waals surface area (Å²) in [5.41, 5.74) is 21.0. The van der Waals surface area contributed by atoms with E-state index in [1.165, 1.54) is 33.4 Å². The molecule has 0 aliphatic rings. The lowest BCUT2D eigenvalue weighted by Crippen LogP contribution is -2.10. The van der Waals surface area contributed by atoms with Crippen LogP contribution in [0.5, 0.6) is 0 Å². The number of nitrogens with zero attached hydrogens (tertiary/aromatic N) is 3. The van der Waals surface area contributed by atoms with Gasteiger partial charge in [0, 0.05) is 51.2 Å². The average molecular weight is 990 g/mol. The molecule has 370 valence electrons. The molecule has 0 amide bonds. The van der Waals surface area contributed by atoms with E-state index in [0.717, 1.165) is 74.3 Å². The number of para-hydroxylation sites is 4. The molecule has 0 fully saturated rings. The summed E-state index contributed by atoms with van der Waals surface area (Å²) >= 11 is 0. The normalized spacial score (nSPS) is 10.7. The Bertz CT molecular complexity index is 3650. The van der Waals surface area contributed by atoms with E-state index >= 15 is 0 Å². The molecule has 0 aliphatic heterocycles. The Hall–Kier alpha value is -9.96. The smallest absolute Gasteiger partial charge is 0.0462 e. The van der Waals surface area contributed by atoms with Gasteiger partial charge in [-0.3, -0.25) is 0 Å². The van der Waals surface area contributed by atoms with E-state index in [2.05, 4.69) is 331 Å². The number of hydrogen-bond acceptors (Lipinski definition) is 3. The van der Waals surface area contributed by atoms with Gasteiger partial charge in [-0.2, -0.15) is 0 Å². The number of hydrogen-bond donors (Lipinski definition) is 0. The summed E-state index contributed by atoms with van der Waals surface area (Å²) in [4.78, 5) is 6.93. The van der Waals surface area contributed by atoms with Crippen molar-refractivity contribution < 1.29 is 0 Å². The second-order valence-corrected chi connectivity index (χ2v) is 19.1. The predicted octanol–water partition coefficient (Wildman–Crippen LogP) is 20.7. The van der Waals surface area contributed by atoms with Gasteiger partial charge in [0.1, 0.15) is 0 Å². The maximum Gasteiger partial charge on any atom is 0.0462 e. The second-order valence-electron chi connectivity index (χ2n) is 19.1. The summed E-state index contributed by atoms with van der Waals surface area (Å²) in [6.07, 6.45) is 0.932. The van der Waals surface area contributed by atoms with E-state index in [4.69, 9.17) is 0 Å². The third-order valence-corrected chi connectivity index (χ3v) is 13.8. The third kappa shape index (κ3) is 12.0. The molecule has 0 aromatic heterocycles. The van der Waals surface area contributed by atoms with Crippen molar-refractivity contribution >= 4 is 51.2 Å². The number of rotatable bonds is 14. The van der Waals surface area contributed by atoms with Gasteiger partial charge in [-0.05, 0) is 167 Å². The molecule has 0 spiro atoms. The first kappa shape index (κ1) is 49.3. The zero-order valence-electron chi connectivity index (χ0n) is 43.2. The van der Waals surface area contributed by atoms with Crippen LogP contribution in [0.1, 0.15) is 16.7 Å². The first-order valence-electron chi connectivity index (χ1n) is 26.4. The van der Waals surface area contributed by atoms with E-state index in [-0.39, 0.29) is 0 Å². The molecule has 0 unspecified atom stereocenters. The van der Waals surface area contributed by atoms with Crippen molar-refractivity contribution in [2.24, 2.45) is 0 Å². The van der Waals surface area contributed by atoms with Crippen molar-refractivity contribution in [3.63, 3.8) is 0 Å². The molecular formula is C74H59N3. The monoisotopic (exact) mass is 989 g/mol. The molecule has 12 rings (SSSR count). The standard InChI is InChI=1S/C67H51N3.C7H8/c1-6-16-51(17-7-1)50-52-26-28-53(29-27-52)54-30-42-64(43-31-54)69(61-22-12-4-13-23-61)65-46-36-57(37-47-65)58-38-48-67(49-39-58)70(62-24-14-5-15-25-62)66-44-34-56(35-45-66)55-32-40-63(41-33-55)68(59-18-8-2-9-19-59)60-20-10-3-11-21-60;1-7-5-3-2-4-6-7/h1-49H,50H2;2-6H,1H3. The van der Waals surface area contributed by atoms with Crippen molar-refractivity contribution in [1.82, 2.24) is 0 Å². The van der Waals surface area contributed by atoms with Gasteiger partial charge in [-0.25, -0.2) is 0 Å². The maximum absolute atomic E-state index is 2.32. The van der Waals surface area contributed by atoms with Crippen LogP contribution < -0.4 is 14.7 Å². The van der Waals surface area contributed by atoms with Crippen LogP contribution in [-0.2, 0) is 6.42 Å². The zero-order valence-corrected chi connectivity index (χ0v) is 43.2. The van der Waals surface area contributed by atoms with E-state index in [1.807, 2.05) is 18.2 Å². The lowest BCUT2D eigenvalue weighted by molar-refractivity contribution is 1.19. The van der Waals surface area contributed by atoms with Crippen LogP contribution in [0.2, 0.25) is 0 Å². The molecule has 3 heteroatoms. The zero-order chi connectivity index (χ0) is 52.0. The van der Waals surface area contributed by atoms with Crippen LogP contribution in [0.15, 0.2) is 328 Å². The number of anilines is 9. The second kappa shape index (κ2) is 23.9. The highest BCUT2D eigenvalue weighted by molar-refractivity contribution is 5.83. The highest BCUT2D eigenvalue weighted by Gasteiger charge is 2.17. The average Bonchev–Trinajstić information content (AvgIpc) is 3.51. The van der Waals surface area contributed by atoms with Gasteiger partial charge in [0.25, 0.3) is 0 Å². The molecule has 0 saturated carbocycles. The summed E-state index contributed by atoms with van der Waals surface area (Å²) in [5, 5.41) is 0. The molecular weight excluding hydrogens is 931 g/mol. The van der Waals surface area contributed by atoms with E-state index in [0.29, 0.717) is 0 Å². The molecule has 0 radical (unpaired) electrons. The molecule has 0 atom stereocenters. The van der Waals surface area contributed by atoms with E-state index < -0.39 is 0 Å². The molecule has 12 aromatic rings. The first-order valence-corrected chi connectivity index (χ1v) is 26.4. The minimum Gasteiger partial charge on any atom is -0.311 e. The van der Waals surface area contributed by atoms with Gasteiger partial charge in [0.15, 0.2) is 0 Å².